The lowest BCUT2D eigenvalue weighted by atomic mass is 9.80. The first-order valence-corrected chi connectivity index (χ1v) is 7.57. The maximum absolute atomic E-state index is 14.0. The summed E-state index contributed by atoms with van der Waals surface area (Å²) in [6, 6.07) is 2.38. The number of aryl methyl sites for hydroxylation is 1. The zero-order valence-corrected chi connectivity index (χ0v) is 13.2. The summed E-state index contributed by atoms with van der Waals surface area (Å²) in [5, 5.41) is 9.19. The first kappa shape index (κ1) is 17.6. The molecule has 1 aromatic carbocycles. The quantitative estimate of drug-likeness (QED) is 0.816. The molecule has 4 nitrogen and oxygen atoms in total. The Morgan fingerprint density at radius 1 is 1.39 bits per heavy atom. The van der Waals surface area contributed by atoms with Gasteiger partial charge in [0.25, 0.3) is 6.41 Å². The molecular formula is C17H21F2NO3. The SMILES string of the molecule is Cc1cc(F)c(CC(C)C2CCC(=O)C=C2OC(N)O)cc1F. The smallest absolute Gasteiger partial charge is 0.254 e. The monoisotopic (exact) mass is 325 g/mol. The average Bonchev–Trinajstić information content (AvgIpc) is 2.44. The molecule has 1 aliphatic rings. The number of benzene rings is 1. The van der Waals surface area contributed by atoms with E-state index in [1.54, 1.807) is 0 Å². The highest BCUT2D eigenvalue weighted by Crippen LogP contribution is 2.33. The minimum Gasteiger partial charge on any atom is -0.456 e. The van der Waals surface area contributed by atoms with Crippen LogP contribution in [0.25, 0.3) is 0 Å². The Labute approximate surface area is 133 Å². The molecule has 0 bridgehead atoms. The molecule has 0 amide bonds. The van der Waals surface area contributed by atoms with Crippen LogP contribution in [0.4, 0.5) is 8.78 Å². The van der Waals surface area contributed by atoms with Gasteiger partial charge in [-0.3, -0.25) is 10.5 Å². The number of hydrogen-bond donors (Lipinski definition) is 2. The van der Waals surface area contributed by atoms with Gasteiger partial charge in [0.15, 0.2) is 5.78 Å². The van der Waals surface area contributed by atoms with Gasteiger partial charge in [0.2, 0.25) is 0 Å². The number of nitrogens with two attached hydrogens (primary N) is 1. The Hall–Kier alpha value is -1.79. The number of ketones is 1. The third-order valence-electron chi connectivity index (χ3n) is 4.18. The molecule has 3 unspecified atom stereocenters. The molecule has 23 heavy (non-hydrogen) atoms. The number of carbonyl (C=O) groups excluding carboxylic acids is 1. The number of hydrogen-bond acceptors (Lipinski definition) is 4. The minimum atomic E-state index is -1.52. The van der Waals surface area contributed by atoms with Crippen molar-refractivity contribution in [1.82, 2.24) is 0 Å². The van der Waals surface area contributed by atoms with Crippen LogP contribution in [0.3, 0.4) is 0 Å². The third kappa shape index (κ3) is 4.36. The van der Waals surface area contributed by atoms with Gasteiger partial charge in [-0.1, -0.05) is 6.92 Å². The predicted molar refractivity (Wildman–Crippen MR) is 81.1 cm³/mol. The molecular weight excluding hydrogens is 304 g/mol. The Bertz CT molecular complexity index is 629. The van der Waals surface area contributed by atoms with E-state index in [4.69, 9.17) is 10.5 Å². The van der Waals surface area contributed by atoms with Crippen molar-refractivity contribution in [3.05, 3.63) is 46.7 Å². The molecule has 0 fully saturated rings. The number of allylic oxidation sites excluding steroid dienone is 2. The predicted octanol–water partition coefficient (Wildman–Crippen LogP) is 2.57. The summed E-state index contributed by atoms with van der Waals surface area (Å²) in [7, 11) is 0. The second kappa shape index (κ2) is 7.19. The van der Waals surface area contributed by atoms with Gasteiger partial charge < -0.3 is 9.84 Å². The topological polar surface area (TPSA) is 72.5 Å². The molecule has 3 atom stereocenters. The normalized spacial score (nSPS) is 20.9. The van der Waals surface area contributed by atoms with Crippen LogP contribution >= 0.6 is 0 Å². The largest absolute Gasteiger partial charge is 0.456 e. The van der Waals surface area contributed by atoms with Gasteiger partial charge in [0.1, 0.15) is 17.4 Å². The van der Waals surface area contributed by atoms with E-state index in [2.05, 4.69) is 0 Å². The minimum absolute atomic E-state index is 0.100. The number of aliphatic hydroxyl groups is 1. The van der Waals surface area contributed by atoms with Gasteiger partial charge in [-0.05, 0) is 48.9 Å². The van der Waals surface area contributed by atoms with Crippen LogP contribution in [-0.2, 0) is 16.0 Å². The molecule has 0 saturated heterocycles. The summed E-state index contributed by atoms with van der Waals surface area (Å²) in [5.41, 5.74) is 5.76. The van der Waals surface area contributed by atoms with Crippen LogP contribution in [0.2, 0.25) is 0 Å². The summed E-state index contributed by atoms with van der Waals surface area (Å²) in [6.07, 6.45) is 0.980. The molecule has 0 radical (unpaired) electrons. The zero-order valence-electron chi connectivity index (χ0n) is 13.2. The average molecular weight is 325 g/mol. The van der Waals surface area contributed by atoms with E-state index >= 15 is 0 Å². The lowest BCUT2D eigenvalue weighted by molar-refractivity contribution is -0.117. The van der Waals surface area contributed by atoms with Crippen molar-refractivity contribution >= 4 is 5.78 Å². The fourth-order valence-corrected chi connectivity index (χ4v) is 2.94. The fraction of sp³-hybridized carbons (Fsp3) is 0.471. The first-order chi connectivity index (χ1) is 10.8. The molecule has 0 saturated carbocycles. The maximum atomic E-state index is 14.0. The van der Waals surface area contributed by atoms with Crippen LogP contribution in [0, 0.1) is 30.4 Å². The van der Waals surface area contributed by atoms with E-state index in [1.165, 1.54) is 25.1 Å². The standard InChI is InChI=1S/C17H21F2NO3/c1-9(5-11-7-14(18)10(2)6-15(11)19)13-4-3-12(21)8-16(13)23-17(20)22/h6-9,13,17,22H,3-5,20H2,1-2H3. The van der Waals surface area contributed by atoms with Crippen molar-refractivity contribution < 1.29 is 23.4 Å². The lowest BCUT2D eigenvalue weighted by Gasteiger charge is -2.29. The molecule has 0 spiro atoms. The number of carbonyl (C=O) groups is 1. The van der Waals surface area contributed by atoms with Crippen molar-refractivity contribution in [2.24, 2.45) is 17.6 Å². The first-order valence-electron chi connectivity index (χ1n) is 7.57. The van der Waals surface area contributed by atoms with E-state index in [9.17, 15) is 18.7 Å². The Kier molecular flexibility index (Phi) is 5.49. The zero-order chi connectivity index (χ0) is 17.1. The van der Waals surface area contributed by atoms with Crippen molar-refractivity contribution in [3.8, 4) is 0 Å². The van der Waals surface area contributed by atoms with Crippen LogP contribution in [-0.4, -0.2) is 17.3 Å². The van der Waals surface area contributed by atoms with Gasteiger partial charge in [-0.25, -0.2) is 8.78 Å². The van der Waals surface area contributed by atoms with Crippen molar-refractivity contribution in [1.29, 1.82) is 0 Å². The van der Waals surface area contributed by atoms with Gasteiger partial charge in [-0.2, -0.15) is 0 Å². The van der Waals surface area contributed by atoms with Crippen LogP contribution in [0.1, 0.15) is 30.9 Å². The van der Waals surface area contributed by atoms with Crippen LogP contribution in [0.15, 0.2) is 24.0 Å². The van der Waals surface area contributed by atoms with E-state index in [1.807, 2.05) is 6.92 Å². The summed E-state index contributed by atoms with van der Waals surface area (Å²) in [4.78, 5) is 11.5. The molecule has 3 N–H and O–H groups in total. The number of rotatable bonds is 5. The summed E-state index contributed by atoms with van der Waals surface area (Å²) >= 11 is 0. The van der Waals surface area contributed by atoms with E-state index in [-0.39, 0.29) is 28.7 Å². The third-order valence-corrected chi connectivity index (χ3v) is 4.18. The molecule has 6 heteroatoms. The van der Waals surface area contributed by atoms with Crippen molar-refractivity contribution in [3.63, 3.8) is 0 Å². The summed E-state index contributed by atoms with van der Waals surface area (Å²) < 4.78 is 32.8. The Morgan fingerprint density at radius 3 is 2.74 bits per heavy atom. The highest BCUT2D eigenvalue weighted by Gasteiger charge is 2.29. The van der Waals surface area contributed by atoms with Gasteiger partial charge in [-0.15, -0.1) is 0 Å². The highest BCUT2D eigenvalue weighted by molar-refractivity contribution is 5.91. The van der Waals surface area contributed by atoms with Gasteiger partial charge >= 0.3 is 0 Å². The van der Waals surface area contributed by atoms with Crippen molar-refractivity contribution in [2.45, 2.75) is 39.5 Å². The Balaban J connectivity index is 2.19. The molecule has 0 aromatic heterocycles. The number of ether oxygens (including phenoxy) is 1. The number of halogens is 2. The highest BCUT2D eigenvalue weighted by atomic mass is 19.1. The van der Waals surface area contributed by atoms with E-state index in [0.717, 1.165) is 0 Å². The van der Waals surface area contributed by atoms with Crippen molar-refractivity contribution in [2.75, 3.05) is 0 Å². The van der Waals surface area contributed by atoms with Crippen LogP contribution in [0.5, 0.6) is 0 Å². The van der Waals surface area contributed by atoms with Gasteiger partial charge in [0.05, 0.1) is 0 Å². The molecule has 0 aliphatic heterocycles. The second-order valence-corrected chi connectivity index (χ2v) is 6.04. The van der Waals surface area contributed by atoms with Gasteiger partial charge in [0, 0.05) is 18.4 Å². The molecule has 2 rings (SSSR count). The fourth-order valence-electron chi connectivity index (χ4n) is 2.94. The molecule has 1 aromatic rings. The van der Waals surface area contributed by atoms with E-state index in [0.29, 0.717) is 25.0 Å². The lowest BCUT2D eigenvalue weighted by Crippen LogP contribution is -2.30. The molecule has 126 valence electrons. The van der Waals surface area contributed by atoms with E-state index < -0.39 is 18.0 Å². The molecule has 1 aliphatic carbocycles. The maximum Gasteiger partial charge on any atom is 0.254 e. The second-order valence-electron chi connectivity index (χ2n) is 6.04. The summed E-state index contributed by atoms with van der Waals surface area (Å²) in [5.74, 6) is -0.988. The van der Waals surface area contributed by atoms with Crippen LogP contribution < -0.4 is 5.73 Å². The molecule has 0 heterocycles. The summed E-state index contributed by atoms with van der Waals surface area (Å²) in [6.45, 7) is 3.38. The number of aliphatic hydroxyl groups excluding tert-OH is 1. The Morgan fingerprint density at radius 2 is 2.09 bits per heavy atom.